The van der Waals surface area contributed by atoms with Crippen LogP contribution >= 0.6 is 0 Å². The number of carbonyl (C=O) groups excluding carboxylic acids is 1. The number of amides is 1. The van der Waals surface area contributed by atoms with Crippen LogP contribution in [0.3, 0.4) is 0 Å². The Kier molecular flexibility index (Phi) is 4.53. The maximum absolute atomic E-state index is 11.6. The van der Waals surface area contributed by atoms with Crippen molar-refractivity contribution in [2.24, 2.45) is 0 Å². The number of hydrogen-bond donors (Lipinski definition) is 3. The van der Waals surface area contributed by atoms with Gasteiger partial charge in [0.2, 0.25) is 0 Å². The highest BCUT2D eigenvalue weighted by molar-refractivity contribution is 5.95. The molecule has 2 heterocycles. The molecule has 2 unspecified atom stereocenters. The van der Waals surface area contributed by atoms with Gasteiger partial charge in [0.25, 0.3) is 5.91 Å². The zero-order chi connectivity index (χ0) is 19.0. The summed E-state index contributed by atoms with van der Waals surface area (Å²) in [6.07, 6.45) is 0.116. The van der Waals surface area contributed by atoms with E-state index in [4.69, 9.17) is 9.47 Å². The number of fused-ring (bicyclic) bond motifs is 2. The van der Waals surface area contributed by atoms with Crippen LogP contribution < -0.4 is 20.1 Å². The average Bonchev–Trinajstić information content (AvgIpc) is 2.64. The van der Waals surface area contributed by atoms with Crippen LogP contribution in [0.4, 0.5) is 5.69 Å². The quantitative estimate of drug-likeness (QED) is 0.772. The molecule has 6 nitrogen and oxygen atoms in total. The molecule has 2 atom stereocenters. The third-order valence-electron chi connectivity index (χ3n) is 5.10. The van der Waals surface area contributed by atoms with E-state index < -0.39 is 11.7 Å². The first-order valence-electron chi connectivity index (χ1n) is 9.19. The summed E-state index contributed by atoms with van der Waals surface area (Å²) >= 11 is 0. The van der Waals surface area contributed by atoms with Gasteiger partial charge in [-0.15, -0.1) is 0 Å². The van der Waals surface area contributed by atoms with E-state index in [0.717, 1.165) is 12.0 Å². The van der Waals surface area contributed by atoms with E-state index in [1.165, 1.54) is 5.56 Å². The highest BCUT2D eigenvalue weighted by Crippen LogP contribution is 2.45. The molecule has 0 aliphatic carbocycles. The van der Waals surface area contributed by atoms with E-state index in [2.05, 4.69) is 22.8 Å². The number of benzene rings is 2. The van der Waals surface area contributed by atoms with Crippen molar-refractivity contribution >= 4 is 11.6 Å². The van der Waals surface area contributed by atoms with Gasteiger partial charge in [0, 0.05) is 11.6 Å². The van der Waals surface area contributed by atoms with E-state index in [1.54, 1.807) is 6.07 Å². The van der Waals surface area contributed by atoms with Gasteiger partial charge in [-0.2, -0.15) is 0 Å². The third kappa shape index (κ3) is 3.50. The van der Waals surface area contributed by atoms with Gasteiger partial charge in [0.1, 0.15) is 23.2 Å². The fraction of sp³-hybridized carbons (Fsp3) is 0.381. The lowest BCUT2D eigenvalue weighted by Gasteiger charge is -2.43. The molecule has 142 valence electrons. The van der Waals surface area contributed by atoms with E-state index in [1.807, 2.05) is 38.1 Å². The van der Waals surface area contributed by atoms with Crippen molar-refractivity contribution in [1.29, 1.82) is 0 Å². The van der Waals surface area contributed by atoms with E-state index in [9.17, 15) is 9.90 Å². The predicted molar refractivity (Wildman–Crippen MR) is 102 cm³/mol. The predicted octanol–water partition coefficient (Wildman–Crippen LogP) is 2.42. The van der Waals surface area contributed by atoms with Crippen LogP contribution in [-0.2, 0) is 11.2 Å². The lowest BCUT2D eigenvalue weighted by Crippen LogP contribution is -2.52. The van der Waals surface area contributed by atoms with Gasteiger partial charge in [-0.05, 0) is 38.4 Å². The summed E-state index contributed by atoms with van der Waals surface area (Å²) < 4.78 is 11.5. The molecule has 2 aliphatic rings. The van der Waals surface area contributed by atoms with Crippen LogP contribution in [0, 0.1) is 0 Å². The fourth-order valence-corrected chi connectivity index (χ4v) is 3.61. The monoisotopic (exact) mass is 368 g/mol. The summed E-state index contributed by atoms with van der Waals surface area (Å²) in [7, 11) is 0. The van der Waals surface area contributed by atoms with Crippen molar-refractivity contribution in [3.63, 3.8) is 0 Å². The first-order chi connectivity index (χ1) is 12.9. The first kappa shape index (κ1) is 17.8. The number of anilines is 1. The Morgan fingerprint density at radius 2 is 2.00 bits per heavy atom. The number of ether oxygens (including phenoxy) is 2. The van der Waals surface area contributed by atoms with Gasteiger partial charge in [0.15, 0.2) is 6.61 Å². The summed E-state index contributed by atoms with van der Waals surface area (Å²) in [6.45, 7) is 4.45. The molecule has 27 heavy (non-hydrogen) atoms. The number of aliphatic hydroxyl groups is 1. The van der Waals surface area contributed by atoms with Crippen molar-refractivity contribution in [3.05, 3.63) is 53.6 Å². The number of nitrogens with one attached hydrogen (secondary N) is 2. The van der Waals surface area contributed by atoms with Gasteiger partial charge in [-0.1, -0.05) is 30.3 Å². The molecule has 0 saturated heterocycles. The van der Waals surface area contributed by atoms with Crippen LogP contribution in [0.5, 0.6) is 11.5 Å². The zero-order valence-corrected chi connectivity index (χ0v) is 15.5. The highest BCUT2D eigenvalue weighted by atomic mass is 16.5. The lowest BCUT2D eigenvalue weighted by molar-refractivity contribution is -0.118. The normalized spacial score (nSPS) is 22.7. The molecule has 2 aromatic rings. The molecular weight excluding hydrogens is 344 g/mol. The SMILES string of the molecule is CC1(C)Oc2cc3c(cc2C(NCCc2ccccc2)C1O)NC(=O)CO3. The van der Waals surface area contributed by atoms with Crippen molar-refractivity contribution in [3.8, 4) is 11.5 Å². The standard InChI is InChI=1S/C21H24N2O4/c1-21(2)20(25)19(22-9-8-13-6-4-3-5-7-13)14-10-15-17(11-16(14)27-21)26-12-18(24)23-15/h3-7,10-11,19-20,22,25H,8-9,12H2,1-2H3,(H,23,24). The van der Waals surface area contributed by atoms with Crippen LogP contribution in [-0.4, -0.2) is 35.9 Å². The Hall–Kier alpha value is -2.57. The fourth-order valence-electron chi connectivity index (χ4n) is 3.61. The molecule has 0 fully saturated rings. The molecule has 0 radical (unpaired) electrons. The van der Waals surface area contributed by atoms with Crippen molar-refractivity contribution in [1.82, 2.24) is 5.32 Å². The highest BCUT2D eigenvalue weighted by Gasteiger charge is 2.43. The molecule has 0 saturated carbocycles. The average molecular weight is 368 g/mol. The molecule has 0 aromatic heterocycles. The Morgan fingerprint density at radius 3 is 2.78 bits per heavy atom. The molecule has 1 amide bonds. The maximum Gasteiger partial charge on any atom is 0.262 e. The topological polar surface area (TPSA) is 79.8 Å². The van der Waals surface area contributed by atoms with Crippen LogP contribution in [0.15, 0.2) is 42.5 Å². The Bertz CT molecular complexity index is 851. The minimum Gasteiger partial charge on any atom is -0.485 e. The number of hydrogen-bond acceptors (Lipinski definition) is 5. The Balaban J connectivity index is 1.60. The minimum atomic E-state index is -0.746. The van der Waals surface area contributed by atoms with E-state index >= 15 is 0 Å². The molecule has 2 aromatic carbocycles. The molecule has 2 aliphatic heterocycles. The molecule has 6 heteroatoms. The van der Waals surface area contributed by atoms with E-state index in [-0.39, 0.29) is 18.6 Å². The van der Waals surface area contributed by atoms with Crippen molar-refractivity contribution in [2.45, 2.75) is 38.0 Å². The largest absolute Gasteiger partial charge is 0.485 e. The molecule has 0 spiro atoms. The summed E-state index contributed by atoms with van der Waals surface area (Å²) in [5, 5.41) is 17.2. The van der Waals surface area contributed by atoms with E-state index in [0.29, 0.717) is 23.7 Å². The van der Waals surface area contributed by atoms with Gasteiger partial charge < -0.3 is 25.2 Å². The number of carbonyl (C=O) groups is 1. The van der Waals surface area contributed by atoms with Crippen molar-refractivity contribution in [2.75, 3.05) is 18.5 Å². The minimum absolute atomic E-state index is 0.00341. The molecule has 3 N–H and O–H groups in total. The molecule has 4 rings (SSSR count). The second-order valence-corrected chi connectivity index (χ2v) is 7.54. The van der Waals surface area contributed by atoms with Gasteiger partial charge in [-0.3, -0.25) is 4.79 Å². The van der Waals surface area contributed by atoms with Crippen LogP contribution in [0.1, 0.15) is 31.0 Å². The van der Waals surface area contributed by atoms with Crippen LogP contribution in [0.25, 0.3) is 0 Å². The number of aliphatic hydroxyl groups excluding tert-OH is 1. The summed E-state index contributed by atoms with van der Waals surface area (Å²) in [5.41, 5.74) is 1.91. The Morgan fingerprint density at radius 1 is 1.22 bits per heavy atom. The summed E-state index contributed by atoms with van der Waals surface area (Å²) in [5.74, 6) is 1.06. The van der Waals surface area contributed by atoms with Gasteiger partial charge in [0.05, 0.1) is 11.7 Å². The summed E-state index contributed by atoms with van der Waals surface area (Å²) in [6, 6.07) is 13.5. The molecule has 0 bridgehead atoms. The third-order valence-corrected chi connectivity index (χ3v) is 5.10. The maximum atomic E-state index is 11.6. The lowest BCUT2D eigenvalue weighted by atomic mass is 9.86. The van der Waals surface area contributed by atoms with Gasteiger partial charge >= 0.3 is 0 Å². The summed E-state index contributed by atoms with van der Waals surface area (Å²) in [4.78, 5) is 11.6. The second-order valence-electron chi connectivity index (χ2n) is 7.54. The first-order valence-corrected chi connectivity index (χ1v) is 9.19. The Labute approximate surface area is 158 Å². The zero-order valence-electron chi connectivity index (χ0n) is 15.5. The number of rotatable bonds is 4. The van der Waals surface area contributed by atoms with Gasteiger partial charge in [-0.25, -0.2) is 0 Å². The second kappa shape index (κ2) is 6.87. The smallest absolute Gasteiger partial charge is 0.262 e. The van der Waals surface area contributed by atoms with Crippen LogP contribution in [0.2, 0.25) is 0 Å². The molecular formula is C21H24N2O4. The van der Waals surface area contributed by atoms with Crippen molar-refractivity contribution < 1.29 is 19.4 Å².